The zero-order valence-corrected chi connectivity index (χ0v) is 23.3. The van der Waals surface area contributed by atoms with Gasteiger partial charge in [-0.05, 0) is 55.7 Å². The Morgan fingerprint density at radius 3 is 2.49 bits per heavy atom. The van der Waals surface area contributed by atoms with Gasteiger partial charge < -0.3 is 14.3 Å². The van der Waals surface area contributed by atoms with E-state index in [0.717, 1.165) is 12.0 Å². The number of aryl methyl sites for hydroxylation is 2. The maximum Gasteiger partial charge on any atom is 0.296 e. The van der Waals surface area contributed by atoms with Gasteiger partial charge in [-0.2, -0.15) is 0 Å². The molecule has 0 saturated carbocycles. The molecular formula is C29H27N3O5S2. The number of hydrogen-bond acceptors (Lipinski definition) is 9. The first kappa shape index (κ1) is 26.7. The number of rotatable bonds is 10. The van der Waals surface area contributed by atoms with Crippen LogP contribution in [0.15, 0.2) is 80.8 Å². The van der Waals surface area contributed by atoms with Crippen molar-refractivity contribution in [2.24, 2.45) is 0 Å². The van der Waals surface area contributed by atoms with Crippen LogP contribution < -0.4 is 9.64 Å². The van der Waals surface area contributed by atoms with E-state index >= 15 is 0 Å². The van der Waals surface area contributed by atoms with Gasteiger partial charge in [-0.15, -0.1) is 10.2 Å². The predicted octanol–water partition coefficient (Wildman–Crippen LogP) is 6.61. The minimum atomic E-state index is -0.918. The number of Topliss-reactive ketones (excluding diaryl/α,β-unsaturated/α-hetero) is 1. The molecule has 4 aromatic rings. The number of carbonyl (C=O) groups is 2. The number of amides is 1. The molecule has 200 valence electrons. The van der Waals surface area contributed by atoms with Crippen molar-refractivity contribution < 1.29 is 23.8 Å². The monoisotopic (exact) mass is 561 g/mol. The second-order valence-electron chi connectivity index (χ2n) is 9.12. The van der Waals surface area contributed by atoms with Crippen LogP contribution in [0.5, 0.6) is 5.75 Å². The second-order valence-corrected chi connectivity index (χ2v) is 11.3. The van der Waals surface area contributed by atoms with Crippen LogP contribution in [0, 0.1) is 13.8 Å². The zero-order chi connectivity index (χ0) is 27.5. The highest BCUT2D eigenvalue weighted by Crippen LogP contribution is 2.44. The van der Waals surface area contributed by atoms with Crippen molar-refractivity contribution in [2.45, 2.75) is 43.3 Å². The summed E-state index contributed by atoms with van der Waals surface area (Å²) in [4.78, 5) is 28.3. The molecule has 1 amide bonds. The quantitative estimate of drug-likeness (QED) is 0.131. The molecule has 2 aromatic heterocycles. The summed E-state index contributed by atoms with van der Waals surface area (Å²) in [6.45, 7) is 6.36. The van der Waals surface area contributed by atoms with E-state index in [-0.39, 0.29) is 16.5 Å². The van der Waals surface area contributed by atoms with Crippen LogP contribution >= 0.6 is 23.1 Å². The van der Waals surface area contributed by atoms with Gasteiger partial charge in [-0.1, -0.05) is 72.0 Å². The molecular weight excluding hydrogens is 534 g/mol. The number of ketones is 1. The van der Waals surface area contributed by atoms with E-state index in [4.69, 9.17) is 9.15 Å². The van der Waals surface area contributed by atoms with E-state index in [9.17, 15) is 14.7 Å². The molecule has 0 bridgehead atoms. The van der Waals surface area contributed by atoms with Crippen molar-refractivity contribution in [3.63, 3.8) is 0 Å². The molecule has 0 radical (unpaired) electrons. The van der Waals surface area contributed by atoms with E-state index in [0.29, 0.717) is 33.8 Å². The lowest BCUT2D eigenvalue weighted by Crippen LogP contribution is -2.31. The SMILES string of the molecule is CCCOc1ccc(C2C(C(=O)c3ccc(C)o3)=C(O)C(=O)N2c2nnc(SCc3ccc(C)cc3)s2)cc1. The van der Waals surface area contributed by atoms with Crippen molar-refractivity contribution in [3.8, 4) is 5.75 Å². The molecule has 1 unspecified atom stereocenters. The maximum atomic E-state index is 13.5. The Morgan fingerprint density at radius 1 is 1.08 bits per heavy atom. The Morgan fingerprint density at radius 2 is 1.82 bits per heavy atom. The second kappa shape index (κ2) is 11.5. The van der Waals surface area contributed by atoms with Gasteiger partial charge in [0.15, 0.2) is 15.9 Å². The Kier molecular flexibility index (Phi) is 7.85. The summed E-state index contributed by atoms with van der Waals surface area (Å²) in [5.41, 5.74) is 2.88. The van der Waals surface area contributed by atoms with Crippen molar-refractivity contribution in [1.82, 2.24) is 10.2 Å². The van der Waals surface area contributed by atoms with Crippen LogP contribution in [0.2, 0.25) is 0 Å². The molecule has 10 heteroatoms. The van der Waals surface area contributed by atoms with E-state index in [1.165, 1.54) is 39.6 Å². The molecule has 0 aliphatic carbocycles. The molecule has 2 aromatic carbocycles. The molecule has 39 heavy (non-hydrogen) atoms. The highest BCUT2D eigenvalue weighted by molar-refractivity contribution is 8.00. The first-order valence-corrected chi connectivity index (χ1v) is 14.3. The number of thioether (sulfide) groups is 1. The number of ether oxygens (including phenoxy) is 1. The number of aromatic nitrogens is 2. The topological polar surface area (TPSA) is 106 Å². The van der Waals surface area contributed by atoms with Gasteiger partial charge in [0.1, 0.15) is 11.5 Å². The van der Waals surface area contributed by atoms with E-state index in [1.807, 2.05) is 13.8 Å². The van der Waals surface area contributed by atoms with Crippen LogP contribution in [-0.2, 0) is 10.5 Å². The summed E-state index contributed by atoms with van der Waals surface area (Å²) < 4.78 is 11.9. The molecule has 1 aliphatic heterocycles. The molecule has 1 aliphatic rings. The third-order valence-corrected chi connectivity index (χ3v) is 8.30. The number of furan rings is 1. The third kappa shape index (κ3) is 5.62. The highest BCUT2D eigenvalue weighted by atomic mass is 32.2. The lowest BCUT2D eigenvalue weighted by Gasteiger charge is -2.24. The molecule has 1 N–H and O–H groups in total. The number of nitrogens with zero attached hydrogens (tertiary/aromatic N) is 3. The normalized spacial score (nSPS) is 15.3. The molecule has 3 heterocycles. The van der Waals surface area contributed by atoms with Gasteiger partial charge in [0.2, 0.25) is 10.9 Å². The summed E-state index contributed by atoms with van der Waals surface area (Å²) in [5, 5.41) is 19.8. The molecule has 0 spiro atoms. The van der Waals surface area contributed by atoms with Crippen molar-refractivity contribution in [3.05, 3.63) is 100 Å². The average Bonchev–Trinajstić information content (AvgIpc) is 3.65. The summed E-state index contributed by atoms with van der Waals surface area (Å²) >= 11 is 2.74. The fourth-order valence-electron chi connectivity index (χ4n) is 4.19. The van der Waals surface area contributed by atoms with Crippen molar-refractivity contribution >= 4 is 39.9 Å². The van der Waals surface area contributed by atoms with E-state index in [1.54, 1.807) is 37.3 Å². The number of hydrogen-bond donors (Lipinski definition) is 1. The van der Waals surface area contributed by atoms with Gasteiger partial charge >= 0.3 is 0 Å². The standard InChI is InChI=1S/C29H27N3O5S2/c1-4-15-36-21-12-10-20(11-13-21)24-23(25(33)22-14-7-18(3)37-22)26(34)27(35)32(24)28-30-31-29(39-28)38-16-19-8-5-17(2)6-9-19/h5-14,24,34H,4,15-16H2,1-3H3. The van der Waals surface area contributed by atoms with Gasteiger partial charge in [-0.3, -0.25) is 14.5 Å². The smallest absolute Gasteiger partial charge is 0.296 e. The summed E-state index contributed by atoms with van der Waals surface area (Å²) in [7, 11) is 0. The molecule has 0 saturated heterocycles. The first-order valence-electron chi connectivity index (χ1n) is 12.5. The van der Waals surface area contributed by atoms with Crippen LogP contribution in [0.4, 0.5) is 5.13 Å². The molecule has 5 rings (SSSR count). The molecule has 8 nitrogen and oxygen atoms in total. The van der Waals surface area contributed by atoms with Gasteiger partial charge in [0.25, 0.3) is 5.91 Å². The highest BCUT2D eigenvalue weighted by Gasteiger charge is 2.46. The predicted molar refractivity (Wildman–Crippen MR) is 151 cm³/mol. The number of anilines is 1. The minimum Gasteiger partial charge on any atom is -0.503 e. The number of carbonyl (C=O) groups excluding carboxylic acids is 2. The maximum absolute atomic E-state index is 13.5. The zero-order valence-electron chi connectivity index (χ0n) is 21.7. The number of benzene rings is 2. The van der Waals surface area contributed by atoms with Crippen LogP contribution in [0.25, 0.3) is 0 Å². The summed E-state index contributed by atoms with van der Waals surface area (Å²) in [6.07, 6.45) is 0.867. The van der Waals surface area contributed by atoms with E-state index < -0.39 is 23.5 Å². The largest absolute Gasteiger partial charge is 0.503 e. The van der Waals surface area contributed by atoms with Gasteiger partial charge in [-0.25, -0.2) is 0 Å². The van der Waals surface area contributed by atoms with Gasteiger partial charge in [0.05, 0.1) is 18.2 Å². The Bertz CT molecular complexity index is 1520. The average molecular weight is 562 g/mol. The van der Waals surface area contributed by atoms with Crippen molar-refractivity contribution in [2.75, 3.05) is 11.5 Å². The fourth-order valence-corrected chi connectivity index (χ4v) is 6.02. The van der Waals surface area contributed by atoms with Crippen LogP contribution in [-0.4, -0.2) is 33.6 Å². The minimum absolute atomic E-state index is 0.0446. The lowest BCUT2D eigenvalue weighted by molar-refractivity contribution is -0.117. The Balaban J connectivity index is 1.47. The third-order valence-electron chi connectivity index (χ3n) is 6.17. The van der Waals surface area contributed by atoms with Crippen LogP contribution in [0.1, 0.15) is 52.4 Å². The Hall–Kier alpha value is -3.89. The summed E-state index contributed by atoms with van der Waals surface area (Å²) in [5.74, 6) is 0.0438. The van der Waals surface area contributed by atoms with Crippen LogP contribution in [0.3, 0.4) is 0 Å². The lowest BCUT2D eigenvalue weighted by atomic mass is 9.95. The number of aliphatic hydroxyl groups is 1. The fraction of sp³-hybridized carbons (Fsp3) is 0.241. The van der Waals surface area contributed by atoms with Crippen molar-refractivity contribution in [1.29, 1.82) is 0 Å². The number of aliphatic hydroxyl groups excluding tert-OH is 1. The molecule has 0 fully saturated rings. The van der Waals surface area contributed by atoms with Gasteiger partial charge in [0, 0.05) is 5.75 Å². The first-order chi connectivity index (χ1) is 18.9. The summed E-state index contributed by atoms with van der Waals surface area (Å²) in [6, 6.07) is 17.7. The molecule has 1 atom stereocenters. The Labute approximate surface area is 234 Å². The van der Waals surface area contributed by atoms with E-state index in [2.05, 4.69) is 34.5 Å².